The largest absolute Gasteiger partial charge is 0.369 e. The minimum absolute atomic E-state index is 0.406. The molecule has 124 valence electrons. The summed E-state index contributed by atoms with van der Waals surface area (Å²) in [7, 11) is 1.92. The Balaban J connectivity index is 1.90. The van der Waals surface area contributed by atoms with E-state index in [-0.39, 0.29) is 0 Å². The SMILES string of the molecule is CNSCCNc1nc(C2CCNCC2)nc2cnc(Cl)cc12. The van der Waals surface area contributed by atoms with E-state index < -0.39 is 0 Å². The van der Waals surface area contributed by atoms with Crippen LogP contribution >= 0.6 is 23.5 Å². The van der Waals surface area contributed by atoms with Crippen LogP contribution in [0.2, 0.25) is 5.15 Å². The molecule has 0 aliphatic carbocycles. The van der Waals surface area contributed by atoms with Crippen LogP contribution in [0.3, 0.4) is 0 Å². The normalized spacial score (nSPS) is 15.9. The number of nitrogens with zero attached hydrogens (tertiary/aromatic N) is 3. The van der Waals surface area contributed by atoms with Gasteiger partial charge in [-0.05, 0) is 39.0 Å². The Morgan fingerprint density at radius 3 is 2.96 bits per heavy atom. The van der Waals surface area contributed by atoms with E-state index in [2.05, 4.69) is 20.3 Å². The van der Waals surface area contributed by atoms with E-state index in [4.69, 9.17) is 21.6 Å². The molecule has 0 spiro atoms. The standard InChI is InChI=1S/C15H21ClN6S/c1-17-23-7-6-19-15-11-8-13(16)20-9-12(11)21-14(22-15)10-2-4-18-5-3-10/h8-10,17-18H,2-7H2,1H3,(H,19,21,22). The quantitative estimate of drug-likeness (QED) is 0.419. The van der Waals surface area contributed by atoms with Crippen molar-refractivity contribution in [3.63, 3.8) is 0 Å². The molecule has 0 amide bonds. The number of piperidine rings is 1. The predicted octanol–water partition coefficient (Wildman–Crippen LogP) is 2.42. The van der Waals surface area contributed by atoms with Gasteiger partial charge in [0.1, 0.15) is 16.8 Å². The number of hydrogen-bond acceptors (Lipinski definition) is 7. The fourth-order valence-electron chi connectivity index (χ4n) is 2.74. The Labute approximate surface area is 145 Å². The lowest BCUT2D eigenvalue weighted by molar-refractivity contribution is 0.446. The van der Waals surface area contributed by atoms with Crippen molar-refractivity contribution in [2.75, 3.05) is 37.8 Å². The number of halogens is 1. The van der Waals surface area contributed by atoms with E-state index in [0.717, 1.165) is 60.8 Å². The van der Waals surface area contributed by atoms with E-state index in [0.29, 0.717) is 11.1 Å². The maximum atomic E-state index is 6.05. The number of pyridine rings is 1. The van der Waals surface area contributed by atoms with Gasteiger partial charge in [0.15, 0.2) is 0 Å². The van der Waals surface area contributed by atoms with Crippen LogP contribution in [0.5, 0.6) is 0 Å². The van der Waals surface area contributed by atoms with Gasteiger partial charge in [-0.3, -0.25) is 4.72 Å². The molecule has 8 heteroatoms. The average molecular weight is 353 g/mol. The molecule has 3 N–H and O–H groups in total. The lowest BCUT2D eigenvalue weighted by atomic mass is 9.97. The number of rotatable bonds is 6. The molecule has 2 aromatic rings. The average Bonchev–Trinajstić information content (AvgIpc) is 2.59. The van der Waals surface area contributed by atoms with Gasteiger partial charge in [-0.15, -0.1) is 0 Å². The molecule has 0 radical (unpaired) electrons. The van der Waals surface area contributed by atoms with Crippen molar-refractivity contribution >= 4 is 40.3 Å². The van der Waals surface area contributed by atoms with E-state index in [9.17, 15) is 0 Å². The molecule has 0 bridgehead atoms. The maximum absolute atomic E-state index is 6.05. The topological polar surface area (TPSA) is 74.8 Å². The molecule has 0 aromatic carbocycles. The Bertz CT molecular complexity index is 662. The molecule has 23 heavy (non-hydrogen) atoms. The second-order valence-electron chi connectivity index (χ2n) is 5.46. The van der Waals surface area contributed by atoms with Crippen molar-refractivity contribution in [2.24, 2.45) is 0 Å². The summed E-state index contributed by atoms with van der Waals surface area (Å²) in [5, 5.41) is 8.19. The lowest BCUT2D eigenvalue weighted by Crippen LogP contribution is -2.27. The maximum Gasteiger partial charge on any atom is 0.137 e. The zero-order valence-electron chi connectivity index (χ0n) is 13.1. The number of anilines is 1. The first kappa shape index (κ1) is 16.7. The molecule has 0 unspecified atom stereocenters. The smallest absolute Gasteiger partial charge is 0.137 e. The van der Waals surface area contributed by atoms with Gasteiger partial charge >= 0.3 is 0 Å². The second-order valence-corrected chi connectivity index (χ2v) is 6.95. The van der Waals surface area contributed by atoms with Crippen LogP contribution in [-0.4, -0.2) is 47.4 Å². The van der Waals surface area contributed by atoms with Crippen LogP contribution in [0.15, 0.2) is 12.3 Å². The first-order chi connectivity index (χ1) is 11.3. The summed E-state index contributed by atoms with van der Waals surface area (Å²) in [6, 6.07) is 1.83. The first-order valence-electron chi connectivity index (χ1n) is 7.84. The molecule has 1 aliphatic rings. The minimum Gasteiger partial charge on any atom is -0.369 e. The highest BCUT2D eigenvalue weighted by molar-refractivity contribution is 7.97. The van der Waals surface area contributed by atoms with Crippen molar-refractivity contribution in [3.8, 4) is 0 Å². The molecular formula is C15H21ClN6S. The van der Waals surface area contributed by atoms with Gasteiger partial charge in [-0.25, -0.2) is 15.0 Å². The van der Waals surface area contributed by atoms with Crippen LogP contribution in [-0.2, 0) is 0 Å². The highest BCUT2D eigenvalue weighted by Gasteiger charge is 2.20. The third kappa shape index (κ3) is 4.23. The van der Waals surface area contributed by atoms with Gasteiger partial charge in [0, 0.05) is 23.6 Å². The highest BCUT2D eigenvalue weighted by Crippen LogP contribution is 2.28. The molecule has 2 aromatic heterocycles. The number of aromatic nitrogens is 3. The Morgan fingerprint density at radius 2 is 2.17 bits per heavy atom. The summed E-state index contributed by atoms with van der Waals surface area (Å²) >= 11 is 7.71. The fraction of sp³-hybridized carbons (Fsp3) is 0.533. The molecule has 3 heterocycles. The minimum atomic E-state index is 0.406. The van der Waals surface area contributed by atoms with Crippen LogP contribution in [0.25, 0.3) is 10.9 Å². The van der Waals surface area contributed by atoms with Gasteiger partial charge in [0.05, 0.1) is 11.7 Å². The van der Waals surface area contributed by atoms with E-state index in [1.165, 1.54) is 0 Å². The number of fused-ring (bicyclic) bond motifs is 1. The third-order valence-corrected chi connectivity index (χ3v) is 4.81. The van der Waals surface area contributed by atoms with Crippen LogP contribution in [0.1, 0.15) is 24.6 Å². The first-order valence-corrected chi connectivity index (χ1v) is 9.20. The van der Waals surface area contributed by atoms with Gasteiger partial charge in [0.25, 0.3) is 0 Å². The molecule has 6 nitrogen and oxygen atoms in total. The summed E-state index contributed by atoms with van der Waals surface area (Å²) in [6.45, 7) is 2.86. The van der Waals surface area contributed by atoms with E-state index >= 15 is 0 Å². The van der Waals surface area contributed by atoms with Crippen molar-refractivity contribution in [1.82, 2.24) is 25.0 Å². The summed E-state index contributed by atoms with van der Waals surface area (Å²) < 4.78 is 3.07. The molecule has 0 saturated carbocycles. The number of nitrogens with one attached hydrogen (secondary N) is 3. The van der Waals surface area contributed by atoms with Gasteiger partial charge in [-0.1, -0.05) is 23.5 Å². The zero-order chi connectivity index (χ0) is 16.1. The highest BCUT2D eigenvalue weighted by atomic mass is 35.5. The monoisotopic (exact) mass is 352 g/mol. The number of hydrogen-bond donors (Lipinski definition) is 3. The van der Waals surface area contributed by atoms with Gasteiger partial charge in [-0.2, -0.15) is 0 Å². The van der Waals surface area contributed by atoms with Crippen LogP contribution < -0.4 is 15.4 Å². The summed E-state index contributed by atoms with van der Waals surface area (Å²) in [5.41, 5.74) is 0.849. The van der Waals surface area contributed by atoms with Crippen LogP contribution in [0.4, 0.5) is 5.82 Å². The Hall–Kier alpha value is -1.15. The van der Waals surface area contributed by atoms with Crippen molar-refractivity contribution in [2.45, 2.75) is 18.8 Å². The third-order valence-electron chi connectivity index (χ3n) is 3.91. The molecular weight excluding hydrogens is 332 g/mol. The summed E-state index contributed by atoms with van der Waals surface area (Å²) in [4.78, 5) is 13.7. The lowest BCUT2D eigenvalue weighted by Gasteiger charge is -2.22. The van der Waals surface area contributed by atoms with Gasteiger partial charge < -0.3 is 10.6 Å². The van der Waals surface area contributed by atoms with Crippen molar-refractivity contribution < 1.29 is 0 Å². The fourth-order valence-corrected chi connectivity index (χ4v) is 3.31. The summed E-state index contributed by atoms with van der Waals surface area (Å²) in [6.07, 6.45) is 3.88. The summed E-state index contributed by atoms with van der Waals surface area (Å²) in [5.74, 6) is 3.11. The molecule has 1 fully saturated rings. The molecule has 3 rings (SSSR count). The van der Waals surface area contributed by atoms with Crippen LogP contribution in [0, 0.1) is 0 Å². The van der Waals surface area contributed by atoms with Crippen molar-refractivity contribution in [1.29, 1.82) is 0 Å². The second kappa shape index (κ2) is 8.10. The Kier molecular flexibility index (Phi) is 5.88. The zero-order valence-corrected chi connectivity index (χ0v) is 14.7. The Morgan fingerprint density at radius 1 is 1.35 bits per heavy atom. The molecule has 1 saturated heterocycles. The molecule has 1 aliphatic heterocycles. The predicted molar refractivity (Wildman–Crippen MR) is 97.2 cm³/mol. The van der Waals surface area contributed by atoms with E-state index in [1.807, 2.05) is 13.1 Å². The van der Waals surface area contributed by atoms with E-state index in [1.54, 1.807) is 18.1 Å². The molecule has 0 atom stereocenters. The van der Waals surface area contributed by atoms with Crippen molar-refractivity contribution in [3.05, 3.63) is 23.2 Å². The van der Waals surface area contributed by atoms with Gasteiger partial charge in [0.2, 0.25) is 0 Å².